The summed E-state index contributed by atoms with van der Waals surface area (Å²) in [6.07, 6.45) is 3.05. The molecule has 7 nitrogen and oxygen atoms in total. The van der Waals surface area contributed by atoms with Gasteiger partial charge < -0.3 is 4.90 Å². The fraction of sp³-hybridized carbons (Fsp3) is 0.667. The number of nitrogens with zero attached hydrogens (tertiary/aromatic N) is 2. The van der Waals surface area contributed by atoms with Crippen molar-refractivity contribution in [3.63, 3.8) is 0 Å². The number of nitrogens with two attached hydrogens (primary N) is 1. The van der Waals surface area contributed by atoms with Gasteiger partial charge in [-0.3, -0.25) is 9.89 Å². The van der Waals surface area contributed by atoms with Gasteiger partial charge >= 0.3 is 0 Å². The van der Waals surface area contributed by atoms with Crippen LogP contribution in [-0.4, -0.2) is 42.5 Å². The van der Waals surface area contributed by atoms with Crippen molar-refractivity contribution in [2.75, 3.05) is 13.1 Å². The first-order chi connectivity index (χ1) is 9.34. The number of H-pyrrole nitrogens is 1. The molecule has 1 aromatic rings. The fourth-order valence-corrected chi connectivity index (χ4v) is 3.09. The van der Waals surface area contributed by atoms with E-state index >= 15 is 0 Å². The van der Waals surface area contributed by atoms with Crippen molar-refractivity contribution in [1.29, 1.82) is 0 Å². The van der Waals surface area contributed by atoms with E-state index in [9.17, 15) is 13.2 Å². The quantitative estimate of drug-likeness (QED) is 0.802. The van der Waals surface area contributed by atoms with Gasteiger partial charge in [-0.2, -0.15) is 5.10 Å². The van der Waals surface area contributed by atoms with Crippen LogP contribution in [0.5, 0.6) is 0 Å². The number of hydrogen-bond acceptors (Lipinski definition) is 4. The predicted octanol–water partition coefficient (Wildman–Crippen LogP) is 0.628. The lowest BCUT2D eigenvalue weighted by Gasteiger charge is -2.21. The average molecular weight is 300 g/mol. The second-order valence-electron chi connectivity index (χ2n) is 5.27. The van der Waals surface area contributed by atoms with Gasteiger partial charge in [-0.05, 0) is 32.1 Å². The fourth-order valence-electron chi connectivity index (χ4n) is 2.22. The van der Waals surface area contributed by atoms with Crippen LogP contribution in [0.15, 0.2) is 4.90 Å². The van der Waals surface area contributed by atoms with E-state index < -0.39 is 10.0 Å². The van der Waals surface area contributed by atoms with E-state index in [0.717, 1.165) is 19.3 Å². The van der Waals surface area contributed by atoms with Crippen LogP contribution in [0.4, 0.5) is 0 Å². The molecule has 1 aromatic heterocycles. The molecule has 0 atom stereocenters. The van der Waals surface area contributed by atoms with Crippen LogP contribution in [-0.2, 0) is 10.0 Å². The summed E-state index contributed by atoms with van der Waals surface area (Å²) >= 11 is 0. The lowest BCUT2D eigenvalue weighted by molar-refractivity contribution is 0.0738. The van der Waals surface area contributed by atoms with Crippen LogP contribution in [0.2, 0.25) is 0 Å². The first-order valence-electron chi connectivity index (χ1n) is 6.71. The Morgan fingerprint density at radius 3 is 2.65 bits per heavy atom. The molecule has 1 heterocycles. The molecule has 1 amide bonds. The summed E-state index contributed by atoms with van der Waals surface area (Å²) in [5.41, 5.74) is 0.192. The number of aromatic nitrogens is 2. The summed E-state index contributed by atoms with van der Waals surface area (Å²) in [5, 5.41) is 11.5. The summed E-state index contributed by atoms with van der Waals surface area (Å²) in [4.78, 5) is 14.0. The molecule has 1 aliphatic rings. The Balaban J connectivity index is 2.31. The summed E-state index contributed by atoms with van der Waals surface area (Å²) in [7, 11) is -3.97. The van der Waals surface area contributed by atoms with E-state index in [1.165, 1.54) is 6.92 Å². The number of aryl methyl sites for hydroxylation is 1. The van der Waals surface area contributed by atoms with E-state index in [-0.39, 0.29) is 16.5 Å². The Bertz CT molecular complexity index is 604. The molecule has 0 aliphatic heterocycles. The molecule has 2 rings (SSSR count). The van der Waals surface area contributed by atoms with Crippen LogP contribution in [0.1, 0.15) is 42.4 Å². The van der Waals surface area contributed by atoms with E-state index in [0.29, 0.717) is 24.7 Å². The zero-order valence-electron chi connectivity index (χ0n) is 11.7. The highest BCUT2D eigenvalue weighted by molar-refractivity contribution is 7.89. The van der Waals surface area contributed by atoms with Gasteiger partial charge in [-0.1, -0.05) is 6.92 Å². The maximum absolute atomic E-state index is 12.5. The largest absolute Gasteiger partial charge is 0.337 e. The van der Waals surface area contributed by atoms with Crippen molar-refractivity contribution in [3.8, 4) is 0 Å². The van der Waals surface area contributed by atoms with Gasteiger partial charge in [0.05, 0.1) is 5.69 Å². The van der Waals surface area contributed by atoms with Gasteiger partial charge in [0.2, 0.25) is 10.0 Å². The van der Waals surface area contributed by atoms with Crippen LogP contribution in [0.25, 0.3) is 0 Å². The summed E-state index contributed by atoms with van der Waals surface area (Å²) in [5.74, 6) is 0.163. The van der Waals surface area contributed by atoms with Gasteiger partial charge in [0.1, 0.15) is 4.90 Å². The lowest BCUT2D eigenvalue weighted by Crippen LogP contribution is -2.35. The lowest BCUT2D eigenvalue weighted by atomic mass is 10.2. The number of amides is 1. The highest BCUT2D eigenvalue weighted by Crippen LogP contribution is 2.30. The first kappa shape index (κ1) is 15.0. The van der Waals surface area contributed by atoms with Crippen molar-refractivity contribution < 1.29 is 13.2 Å². The summed E-state index contributed by atoms with van der Waals surface area (Å²) in [6, 6.07) is 0. The molecule has 0 bridgehead atoms. The second-order valence-corrected chi connectivity index (χ2v) is 6.76. The minimum Gasteiger partial charge on any atom is -0.337 e. The molecule has 0 aromatic carbocycles. The van der Waals surface area contributed by atoms with Crippen LogP contribution < -0.4 is 5.14 Å². The van der Waals surface area contributed by atoms with Gasteiger partial charge in [-0.15, -0.1) is 0 Å². The topological polar surface area (TPSA) is 109 Å². The van der Waals surface area contributed by atoms with E-state index in [1.54, 1.807) is 4.90 Å². The molecule has 0 spiro atoms. The van der Waals surface area contributed by atoms with E-state index in [4.69, 9.17) is 5.14 Å². The normalized spacial score (nSPS) is 15.3. The Morgan fingerprint density at radius 2 is 2.15 bits per heavy atom. The SMILES string of the molecule is CCCN(CC1CC1)C(=O)c1n[nH]c(C)c1S(N)(=O)=O. The first-order valence-corrected chi connectivity index (χ1v) is 8.26. The maximum Gasteiger partial charge on any atom is 0.275 e. The standard InChI is InChI=1S/C12H20N4O3S/c1-3-6-16(7-9-4-5-9)12(17)10-11(20(13,18)19)8(2)14-15-10/h9H,3-7H2,1-2H3,(H,14,15)(H2,13,18,19). The number of sulfonamides is 1. The van der Waals surface area contributed by atoms with Gasteiger partial charge in [0, 0.05) is 13.1 Å². The minimum atomic E-state index is -3.97. The Hall–Kier alpha value is -1.41. The zero-order chi connectivity index (χ0) is 14.9. The van der Waals surface area contributed by atoms with Crippen LogP contribution in [0.3, 0.4) is 0 Å². The number of primary sulfonamides is 1. The number of rotatable bonds is 6. The Morgan fingerprint density at radius 1 is 1.50 bits per heavy atom. The average Bonchev–Trinajstić information content (AvgIpc) is 3.07. The molecule has 0 saturated heterocycles. The van der Waals surface area contributed by atoms with Crippen LogP contribution in [0, 0.1) is 12.8 Å². The highest BCUT2D eigenvalue weighted by Gasteiger charge is 2.32. The molecular formula is C12H20N4O3S. The van der Waals surface area contributed by atoms with Crippen molar-refractivity contribution in [3.05, 3.63) is 11.4 Å². The predicted molar refractivity (Wildman–Crippen MR) is 73.6 cm³/mol. The molecule has 1 fully saturated rings. The molecule has 1 saturated carbocycles. The second kappa shape index (κ2) is 5.53. The van der Waals surface area contributed by atoms with Crippen molar-refractivity contribution in [1.82, 2.24) is 15.1 Å². The molecule has 0 radical (unpaired) electrons. The monoisotopic (exact) mass is 300 g/mol. The van der Waals surface area contributed by atoms with Gasteiger partial charge in [0.25, 0.3) is 5.91 Å². The molecule has 20 heavy (non-hydrogen) atoms. The third-order valence-electron chi connectivity index (χ3n) is 3.33. The number of nitrogens with one attached hydrogen (secondary N) is 1. The molecule has 3 N–H and O–H groups in total. The van der Waals surface area contributed by atoms with Gasteiger partial charge in [-0.25, -0.2) is 13.6 Å². The van der Waals surface area contributed by atoms with E-state index in [1.807, 2.05) is 6.92 Å². The van der Waals surface area contributed by atoms with E-state index in [2.05, 4.69) is 10.2 Å². The number of aromatic amines is 1. The number of hydrogen-bond donors (Lipinski definition) is 2. The Labute approximate surface area is 118 Å². The highest BCUT2D eigenvalue weighted by atomic mass is 32.2. The van der Waals surface area contributed by atoms with Crippen molar-refractivity contribution in [2.24, 2.45) is 11.1 Å². The number of carbonyl (C=O) groups excluding carboxylic acids is 1. The maximum atomic E-state index is 12.5. The molecule has 0 unspecified atom stereocenters. The van der Waals surface area contributed by atoms with Crippen molar-refractivity contribution >= 4 is 15.9 Å². The molecule has 112 valence electrons. The van der Waals surface area contributed by atoms with Crippen LogP contribution >= 0.6 is 0 Å². The summed E-state index contributed by atoms with van der Waals surface area (Å²) < 4.78 is 23.2. The molecular weight excluding hydrogens is 280 g/mol. The molecule has 8 heteroatoms. The third kappa shape index (κ3) is 3.18. The third-order valence-corrected chi connectivity index (χ3v) is 4.40. The Kier molecular flexibility index (Phi) is 4.14. The molecule has 1 aliphatic carbocycles. The zero-order valence-corrected chi connectivity index (χ0v) is 12.5. The number of carbonyl (C=O) groups is 1. The minimum absolute atomic E-state index is 0.0981. The smallest absolute Gasteiger partial charge is 0.275 e. The van der Waals surface area contributed by atoms with Crippen molar-refractivity contribution in [2.45, 2.75) is 38.0 Å². The summed E-state index contributed by atoms with van der Waals surface area (Å²) in [6.45, 7) is 4.76. The van der Waals surface area contributed by atoms with Gasteiger partial charge in [0.15, 0.2) is 5.69 Å².